The van der Waals surface area contributed by atoms with Gasteiger partial charge in [-0.1, -0.05) is 102 Å². The molecule has 1 heteroatoms. The van der Waals surface area contributed by atoms with Gasteiger partial charge in [-0.3, -0.25) is 0 Å². The van der Waals surface area contributed by atoms with Crippen LogP contribution in [0.5, 0.6) is 5.75 Å². The van der Waals surface area contributed by atoms with Crippen molar-refractivity contribution in [1.82, 2.24) is 0 Å². The van der Waals surface area contributed by atoms with Gasteiger partial charge in [-0.2, -0.15) is 0 Å². The van der Waals surface area contributed by atoms with Gasteiger partial charge in [-0.05, 0) is 39.2 Å². The van der Waals surface area contributed by atoms with E-state index in [0.29, 0.717) is 5.75 Å². The van der Waals surface area contributed by atoms with Gasteiger partial charge in [-0.15, -0.1) is 0 Å². The number of benzene rings is 3. The molecule has 0 radical (unpaired) electrons. The fourth-order valence-corrected chi connectivity index (χ4v) is 3.43. The van der Waals surface area contributed by atoms with Crippen LogP contribution < -0.4 is 0 Å². The maximum Gasteiger partial charge on any atom is 0.127 e. The summed E-state index contributed by atoms with van der Waals surface area (Å²) in [5.74, 6) is 0.388. The molecular weight excluding hydrogens is 328 g/mol. The van der Waals surface area contributed by atoms with Crippen molar-refractivity contribution < 1.29 is 5.11 Å². The normalized spacial score (nSPS) is 12.2. The molecule has 0 heterocycles. The van der Waals surface area contributed by atoms with Crippen molar-refractivity contribution in [3.05, 3.63) is 77.9 Å². The molecular formula is C26H30O. The van der Waals surface area contributed by atoms with Crippen LogP contribution in [0.25, 0.3) is 22.3 Å². The van der Waals surface area contributed by atoms with Crippen LogP contribution in [0.3, 0.4) is 0 Å². The van der Waals surface area contributed by atoms with Crippen LogP contribution >= 0.6 is 0 Å². The number of phenols is 1. The Morgan fingerprint density at radius 2 is 1.15 bits per heavy atom. The second-order valence-corrected chi connectivity index (χ2v) is 9.33. The monoisotopic (exact) mass is 358 g/mol. The van der Waals surface area contributed by atoms with Gasteiger partial charge in [0.2, 0.25) is 0 Å². The number of phenolic OH excluding ortho intramolecular Hbond substituents is 1. The Bertz CT molecular complexity index is 938. The van der Waals surface area contributed by atoms with Gasteiger partial charge in [-0.25, -0.2) is 0 Å². The van der Waals surface area contributed by atoms with Crippen molar-refractivity contribution in [2.45, 2.75) is 52.4 Å². The van der Waals surface area contributed by atoms with E-state index in [1.54, 1.807) is 0 Å². The van der Waals surface area contributed by atoms with E-state index in [-0.39, 0.29) is 10.8 Å². The van der Waals surface area contributed by atoms with E-state index < -0.39 is 0 Å². The fraction of sp³-hybridized carbons (Fsp3) is 0.308. The second kappa shape index (κ2) is 6.88. The molecule has 0 aliphatic rings. The lowest BCUT2D eigenvalue weighted by atomic mass is 9.77. The Kier molecular flexibility index (Phi) is 4.90. The van der Waals surface area contributed by atoms with Crippen LogP contribution in [-0.2, 0) is 10.8 Å². The lowest BCUT2D eigenvalue weighted by Gasteiger charge is -2.28. The average molecular weight is 359 g/mol. The minimum atomic E-state index is -0.137. The zero-order chi connectivity index (χ0) is 19.8. The van der Waals surface area contributed by atoms with Gasteiger partial charge >= 0.3 is 0 Å². The first kappa shape index (κ1) is 19.2. The molecule has 140 valence electrons. The molecule has 0 amide bonds. The third kappa shape index (κ3) is 3.93. The molecule has 3 aromatic rings. The molecule has 0 unspecified atom stereocenters. The highest BCUT2D eigenvalue weighted by molar-refractivity contribution is 5.87. The zero-order valence-electron chi connectivity index (χ0n) is 17.3. The maximum absolute atomic E-state index is 11.2. The van der Waals surface area contributed by atoms with Gasteiger partial charge < -0.3 is 5.11 Å². The number of rotatable bonds is 2. The lowest BCUT2D eigenvalue weighted by molar-refractivity contribution is 0.446. The molecule has 0 aliphatic heterocycles. The first-order valence-electron chi connectivity index (χ1n) is 9.62. The number of hydrogen-bond acceptors (Lipinski definition) is 1. The van der Waals surface area contributed by atoms with Crippen molar-refractivity contribution >= 4 is 0 Å². The van der Waals surface area contributed by atoms with Gasteiger partial charge in [0.15, 0.2) is 0 Å². The maximum atomic E-state index is 11.2. The summed E-state index contributed by atoms with van der Waals surface area (Å²) < 4.78 is 0. The molecule has 0 fully saturated rings. The molecule has 0 saturated heterocycles. The third-order valence-corrected chi connectivity index (χ3v) is 5.09. The summed E-state index contributed by atoms with van der Waals surface area (Å²) in [5.41, 5.74) is 6.37. The summed E-state index contributed by atoms with van der Waals surface area (Å²) in [6.07, 6.45) is 0. The minimum Gasteiger partial charge on any atom is -0.507 e. The molecule has 0 aromatic heterocycles. The van der Waals surface area contributed by atoms with E-state index >= 15 is 0 Å². The topological polar surface area (TPSA) is 20.2 Å². The molecule has 1 N–H and O–H groups in total. The molecule has 0 aliphatic carbocycles. The molecule has 0 saturated carbocycles. The van der Waals surface area contributed by atoms with Crippen molar-refractivity contribution in [3.63, 3.8) is 0 Å². The highest BCUT2D eigenvalue weighted by atomic mass is 16.3. The van der Waals surface area contributed by atoms with E-state index in [9.17, 15) is 5.11 Å². The Morgan fingerprint density at radius 1 is 0.593 bits per heavy atom. The summed E-state index contributed by atoms with van der Waals surface area (Å²) in [6, 6.07) is 23.0. The van der Waals surface area contributed by atoms with E-state index in [0.717, 1.165) is 27.8 Å². The summed E-state index contributed by atoms with van der Waals surface area (Å²) in [4.78, 5) is 0. The summed E-state index contributed by atoms with van der Waals surface area (Å²) in [5, 5.41) is 11.2. The van der Waals surface area contributed by atoms with Gasteiger partial charge in [0.25, 0.3) is 0 Å². The molecule has 0 atom stereocenters. The smallest absolute Gasteiger partial charge is 0.127 e. The van der Waals surface area contributed by atoms with E-state index in [4.69, 9.17) is 0 Å². The largest absolute Gasteiger partial charge is 0.507 e. The Morgan fingerprint density at radius 3 is 1.70 bits per heavy atom. The lowest BCUT2D eigenvalue weighted by Crippen LogP contribution is -2.17. The Labute approximate surface area is 163 Å². The predicted molar refractivity (Wildman–Crippen MR) is 116 cm³/mol. The highest BCUT2D eigenvalue weighted by Crippen LogP contribution is 2.44. The number of hydrogen-bond donors (Lipinski definition) is 1. The van der Waals surface area contributed by atoms with Crippen molar-refractivity contribution in [1.29, 1.82) is 0 Å². The SMILES string of the molecule is CC(C)(C)c1cc(-c2ccccc2-c2ccccc2)c(O)c(C(C)(C)C)c1. The van der Waals surface area contributed by atoms with Crippen LogP contribution in [0.4, 0.5) is 0 Å². The first-order chi connectivity index (χ1) is 12.6. The van der Waals surface area contributed by atoms with Crippen LogP contribution in [0, 0.1) is 0 Å². The molecule has 0 bridgehead atoms. The zero-order valence-corrected chi connectivity index (χ0v) is 17.3. The quantitative estimate of drug-likeness (QED) is 0.509. The van der Waals surface area contributed by atoms with Crippen molar-refractivity contribution in [2.75, 3.05) is 0 Å². The van der Waals surface area contributed by atoms with Crippen molar-refractivity contribution in [2.24, 2.45) is 0 Å². The van der Waals surface area contributed by atoms with Crippen LogP contribution in [-0.4, -0.2) is 5.11 Å². The second-order valence-electron chi connectivity index (χ2n) is 9.33. The van der Waals surface area contributed by atoms with Crippen LogP contribution in [0.2, 0.25) is 0 Å². The Hall–Kier alpha value is -2.54. The average Bonchev–Trinajstić information content (AvgIpc) is 2.61. The van der Waals surface area contributed by atoms with Crippen LogP contribution in [0.1, 0.15) is 52.7 Å². The highest BCUT2D eigenvalue weighted by Gasteiger charge is 2.26. The summed E-state index contributed by atoms with van der Waals surface area (Å²) in [7, 11) is 0. The minimum absolute atomic E-state index is 0.00411. The summed E-state index contributed by atoms with van der Waals surface area (Å²) in [6.45, 7) is 13.1. The molecule has 3 aromatic carbocycles. The standard InChI is InChI=1S/C26H30O/c1-25(2,3)19-16-22(24(27)23(17-19)26(4,5)6)21-15-11-10-14-20(21)18-12-8-7-9-13-18/h7-17,27H,1-6H3. The van der Waals surface area contributed by atoms with E-state index in [2.05, 4.69) is 96.1 Å². The molecule has 3 rings (SSSR count). The van der Waals surface area contributed by atoms with Crippen LogP contribution in [0.15, 0.2) is 66.7 Å². The van der Waals surface area contributed by atoms with Gasteiger partial charge in [0.05, 0.1) is 0 Å². The van der Waals surface area contributed by atoms with E-state index in [1.165, 1.54) is 5.56 Å². The summed E-state index contributed by atoms with van der Waals surface area (Å²) >= 11 is 0. The van der Waals surface area contributed by atoms with Crippen molar-refractivity contribution in [3.8, 4) is 28.0 Å². The van der Waals surface area contributed by atoms with E-state index in [1.807, 2.05) is 12.1 Å². The Balaban J connectivity index is 2.33. The number of aromatic hydroxyl groups is 1. The predicted octanol–water partition coefficient (Wildman–Crippen LogP) is 7.32. The molecule has 1 nitrogen and oxygen atoms in total. The molecule has 0 spiro atoms. The fourth-order valence-electron chi connectivity index (χ4n) is 3.43. The third-order valence-electron chi connectivity index (χ3n) is 5.09. The van der Waals surface area contributed by atoms with Gasteiger partial charge in [0, 0.05) is 11.1 Å². The molecule has 27 heavy (non-hydrogen) atoms. The first-order valence-corrected chi connectivity index (χ1v) is 9.62. The van der Waals surface area contributed by atoms with Gasteiger partial charge in [0.1, 0.15) is 5.75 Å².